The zero-order valence-corrected chi connectivity index (χ0v) is 18.0. The van der Waals surface area contributed by atoms with Gasteiger partial charge in [0.1, 0.15) is 6.61 Å². The van der Waals surface area contributed by atoms with Crippen LogP contribution in [0.25, 0.3) is 11.1 Å². The van der Waals surface area contributed by atoms with E-state index in [1.165, 1.54) is 0 Å². The summed E-state index contributed by atoms with van der Waals surface area (Å²) < 4.78 is 49.4. The van der Waals surface area contributed by atoms with E-state index in [1.54, 1.807) is 4.90 Å². The highest BCUT2D eigenvalue weighted by atomic mass is 19.3. The van der Waals surface area contributed by atoms with E-state index in [1.807, 2.05) is 30.3 Å². The van der Waals surface area contributed by atoms with Crippen molar-refractivity contribution in [2.75, 3.05) is 19.8 Å². The predicted octanol–water partition coefficient (Wildman–Crippen LogP) is 6.19. The second-order valence-electron chi connectivity index (χ2n) is 8.66. The molecule has 2 aromatic carbocycles. The maximum atomic E-state index is 13.2. The lowest BCUT2D eigenvalue weighted by atomic mass is 9.92. The Hall–Kier alpha value is -3.06. The molecule has 1 fully saturated rings. The number of amides is 1. The highest BCUT2D eigenvalue weighted by molar-refractivity contribution is 5.79. The molecule has 2 atom stereocenters. The Kier molecular flexibility index (Phi) is 5.98. The summed E-state index contributed by atoms with van der Waals surface area (Å²) in [4.78, 5) is 14.8. The lowest BCUT2D eigenvalue weighted by Crippen LogP contribution is -2.56. The molecule has 172 valence electrons. The number of fused-ring (bicyclic) bond motifs is 5. The van der Waals surface area contributed by atoms with Crippen molar-refractivity contribution < 1.29 is 27.4 Å². The van der Waals surface area contributed by atoms with Gasteiger partial charge in [0.25, 0.3) is 0 Å². The summed E-state index contributed by atoms with van der Waals surface area (Å²) in [6, 6.07) is 15.7. The third-order valence-corrected chi connectivity index (χ3v) is 6.69. The summed E-state index contributed by atoms with van der Waals surface area (Å²) in [7, 11) is 0. The Morgan fingerprint density at radius 1 is 1.00 bits per heavy atom. The molecule has 1 aliphatic carbocycles. The molecule has 2 unspecified atom stereocenters. The number of carbonyl (C=O) groups is 1. The van der Waals surface area contributed by atoms with E-state index in [2.05, 4.69) is 24.3 Å². The first-order chi connectivity index (χ1) is 16.0. The van der Waals surface area contributed by atoms with Crippen LogP contribution >= 0.6 is 0 Å². The topological polar surface area (TPSA) is 38.8 Å². The zero-order chi connectivity index (χ0) is 22.9. The van der Waals surface area contributed by atoms with Crippen molar-refractivity contribution in [2.24, 2.45) is 0 Å². The molecule has 0 saturated carbocycles. The fourth-order valence-electron chi connectivity index (χ4n) is 5.19. The first kappa shape index (κ1) is 21.8. The molecule has 3 aliphatic rings. The number of hydrogen-bond acceptors (Lipinski definition) is 3. The molecule has 5 rings (SSSR count). The number of halogens is 3. The molecule has 2 heterocycles. The van der Waals surface area contributed by atoms with Crippen LogP contribution < -0.4 is 0 Å². The smallest absolute Gasteiger partial charge is 0.410 e. The van der Waals surface area contributed by atoms with Crippen LogP contribution in [0.2, 0.25) is 0 Å². The molecular formula is C26H24F3NO3. The molecule has 2 aliphatic heterocycles. The van der Waals surface area contributed by atoms with E-state index in [0.29, 0.717) is 19.6 Å². The largest absolute Gasteiger partial charge is 0.448 e. The van der Waals surface area contributed by atoms with Crippen LogP contribution in [-0.2, 0) is 9.47 Å². The van der Waals surface area contributed by atoms with Gasteiger partial charge in [-0.2, -0.15) is 8.78 Å². The summed E-state index contributed by atoms with van der Waals surface area (Å²) >= 11 is 0. The summed E-state index contributed by atoms with van der Waals surface area (Å²) in [6.07, 6.45) is -0.516. The van der Waals surface area contributed by atoms with Crippen LogP contribution in [0.3, 0.4) is 0 Å². The standard InChI is InChI=1S/C26H24F3NO3/c27-24(25(28)29)10-9-16-11-17-13-32-14-18(12-16)30(17)26(31)33-15-23-21-7-3-1-5-19(21)20-6-2-4-8-22(20)23/h1-8,11,17-18,23H,9-10,12-15H2. The Morgan fingerprint density at radius 2 is 1.67 bits per heavy atom. The van der Waals surface area contributed by atoms with Gasteiger partial charge in [0, 0.05) is 12.3 Å². The van der Waals surface area contributed by atoms with Crippen molar-refractivity contribution in [3.63, 3.8) is 0 Å². The number of hydrogen-bond donors (Lipinski definition) is 0. The normalized spacial score (nSPS) is 21.2. The molecule has 7 heteroatoms. The van der Waals surface area contributed by atoms with Crippen LogP contribution in [0.1, 0.15) is 36.3 Å². The molecule has 0 aromatic heterocycles. The third-order valence-electron chi connectivity index (χ3n) is 6.69. The van der Waals surface area contributed by atoms with Crippen LogP contribution in [0, 0.1) is 0 Å². The molecule has 33 heavy (non-hydrogen) atoms. The van der Waals surface area contributed by atoms with Crippen molar-refractivity contribution in [1.82, 2.24) is 4.90 Å². The lowest BCUT2D eigenvalue weighted by Gasteiger charge is -2.44. The minimum atomic E-state index is -2.27. The van der Waals surface area contributed by atoms with Crippen LogP contribution in [0.5, 0.6) is 0 Å². The van der Waals surface area contributed by atoms with Crippen molar-refractivity contribution in [3.8, 4) is 11.1 Å². The minimum Gasteiger partial charge on any atom is -0.448 e. The fourth-order valence-corrected chi connectivity index (χ4v) is 5.19. The van der Waals surface area contributed by atoms with Gasteiger partial charge in [-0.15, -0.1) is 0 Å². The Labute approximate surface area is 190 Å². The second kappa shape index (κ2) is 9.06. The quantitative estimate of drug-likeness (QED) is 0.505. The average molecular weight is 455 g/mol. The van der Waals surface area contributed by atoms with Crippen LogP contribution in [-0.4, -0.2) is 42.9 Å². The van der Waals surface area contributed by atoms with E-state index in [-0.39, 0.29) is 37.5 Å². The number of ether oxygens (including phenoxy) is 2. The second-order valence-corrected chi connectivity index (χ2v) is 8.66. The van der Waals surface area contributed by atoms with Crippen molar-refractivity contribution in [3.05, 3.63) is 83.2 Å². The van der Waals surface area contributed by atoms with Gasteiger partial charge in [-0.05, 0) is 35.1 Å². The van der Waals surface area contributed by atoms with E-state index in [9.17, 15) is 18.0 Å². The highest BCUT2D eigenvalue weighted by Gasteiger charge is 2.39. The van der Waals surface area contributed by atoms with Crippen LogP contribution in [0.15, 0.2) is 72.1 Å². The lowest BCUT2D eigenvalue weighted by molar-refractivity contribution is -0.0365. The highest BCUT2D eigenvalue weighted by Crippen LogP contribution is 2.44. The number of carbonyl (C=O) groups excluding carboxylic acids is 1. The number of morpholine rings is 1. The molecule has 2 aromatic rings. The molecule has 1 saturated heterocycles. The van der Waals surface area contributed by atoms with E-state index in [0.717, 1.165) is 27.8 Å². The predicted molar refractivity (Wildman–Crippen MR) is 118 cm³/mol. The maximum Gasteiger partial charge on any atom is 0.410 e. The average Bonchev–Trinajstić information content (AvgIpc) is 3.14. The Morgan fingerprint density at radius 3 is 2.30 bits per heavy atom. The van der Waals surface area contributed by atoms with Gasteiger partial charge in [0.05, 0.1) is 25.3 Å². The molecule has 1 amide bonds. The Bertz CT molecular complexity index is 1080. The number of allylic oxidation sites excluding steroid dienone is 1. The summed E-state index contributed by atoms with van der Waals surface area (Å²) in [5.74, 6) is -1.41. The minimum absolute atomic E-state index is 0.0290. The van der Waals surface area contributed by atoms with Gasteiger partial charge in [0.2, 0.25) is 0 Å². The SMILES string of the molecule is O=C(OCC1c2ccccc2-c2ccccc21)N1C2C=C(CCC(F)=C(F)F)CC1COC2. The van der Waals surface area contributed by atoms with Gasteiger partial charge in [-0.1, -0.05) is 60.2 Å². The summed E-state index contributed by atoms with van der Waals surface area (Å²) in [6.45, 7) is 0.875. The molecule has 0 radical (unpaired) electrons. The number of rotatable bonds is 5. The first-order valence-corrected chi connectivity index (χ1v) is 11.1. The van der Waals surface area contributed by atoms with Gasteiger partial charge in [-0.3, -0.25) is 4.90 Å². The van der Waals surface area contributed by atoms with Crippen molar-refractivity contribution in [1.29, 1.82) is 0 Å². The molecule has 0 N–H and O–H groups in total. The molecular weight excluding hydrogens is 431 g/mol. The Balaban J connectivity index is 1.29. The van der Waals surface area contributed by atoms with E-state index >= 15 is 0 Å². The van der Waals surface area contributed by atoms with Gasteiger partial charge in [-0.25, -0.2) is 9.18 Å². The summed E-state index contributed by atoms with van der Waals surface area (Å²) in [5.41, 5.74) is 5.48. The fraction of sp³-hybridized carbons (Fsp3) is 0.346. The summed E-state index contributed by atoms with van der Waals surface area (Å²) in [5, 5.41) is 0. The van der Waals surface area contributed by atoms with Crippen molar-refractivity contribution in [2.45, 2.75) is 37.3 Å². The number of benzene rings is 2. The first-order valence-electron chi connectivity index (χ1n) is 11.1. The molecule has 0 spiro atoms. The van der Waals surface area contributed by atoms with E-state index in [4.69, 9.17) is 9.47 Å². The van der Waals surface area contributed by atoms with Crippen LogP contribution in [0.4, 0.5) is 18.0 Å². The van der Waals surface area contributed by atoms with Gasteiger partial charge >= 0.3 is 12.2 Å². The third kappa shape index (κ3) is 4.17. The monoisotopic (exact) mass is 455 g/mol. The molecule has 4 nitrogen and oxygen atoms in total. The maximum absolute atomic E-state index is 13.2. The van der Waals surface area contributed by atoms with E-state index < -0.39 is 18.0 Å². The van der Waals surface area contributed by atoms with Gasteiger partial charge in [0.15, 0.2) is 5.83 Å². The number of nitrogens with zero attached hydrogens (tertiary/aromatic N) is 1. The molecule has 2 bridgehead atoms. The van der Waals surface area contributed by atoms with Crippen molar-refractivity contribution >= 4 is 6.09 Å². The van der Waals surface area contributed by atoms with Gasteiger partial charge < -0.3 is 9.47 Å². The zero-order valence-electron chi connectivity index (χ0n) is 18.0.